The summed E-state index contributed by atoms with van der Waals surface area (Å²) in [4.78, 5) is 0. The minimum atomic E-state index is 0.164. The van der Waals surface area contributed by atoms with Crippen LogP contribution in [0.1, 0.15) is 29.7 Å². The van der Waals surface area contributed by atoms with E-state index in [-0.39, 0.29) is 6.04 Å². The van der Waals surface area contributed by atoms with Gasteiger partial charge in [-0.1, -0.05) is 22.0 Å². The quantitative estimate of drug-likeness (QED) is 0.873. The molecule has 108 valence electrons. The lowest BCUT2D eigenvalue weighted by Crippen LogP contribution is -2.13. The molecule has 0 saturated carbocycles. The van der Waals surface area contributed by atoms with Gasteiger partial charge in [0.1, 0.15) is 11.5 Å². The Kier molecular flexibility index (Phi) is 5.00. The maximum absolute atomic E-state index is 9.01. The molecule has 0 aliphatic carbocycles. The van der Waals surface area contributed by atoms with E-state index in [9.17, 15) is 0 Å². The molecule has 2 aromatic carbocycles. The number of benzene rings is 2. The summed E-state index contributed by atoms with van der Waals surface area (Å²) < 4.78 is 7.06. The van der Waals surface area contributed by atoms with E-state index < -0.39 is 0 Å². The maximum atomic E-state index is 9.01. The van der Waals surface area contributed by atoms with Crippen LogP contribution in [0.5, 0.6) is 11.5 Å². The molecule has 0 fully saturated rings. The fourth-order valence-electron chi connectivity index (χ4n) is 2.00. The molecule has 21 heavy (non-hydrogen) atoms. The minimum Gasteiger partial charge on any atom is -0.457 e. The van der Waals surface area contributed by atoms with Crippen molar-refractivity contribution in [1.82, 2.24) is 5.32 Å². The third-order valence-electron chi connectivity index (χ3n) is 3.41. The van der Waals surface area contributed by atoms with E-state index in [0.29, 0.717) is 11.3 Å². The molecule has 1 N–H and O–H groups in total. The van der Waals surface area contributed by atoms with Crippen LogP contribution >= 0.6 is 15.9 Å². The van der Waals surface area contributed by atoms with Crippen LogP contribution in [0.3, 0.4) is 0 Å². The van der Waals surface area contributed by atoms with E-state index in [1.165, 1.54) is 0 Å². The number of hydrogen-bond acceptors (Lipinski definition) is 3. The fourth-order valence-corrected chi connectivity index (χ4v) is 2.38. The van der Waals surface area contributed by atoms with Gasteiger partial charge in [-0.2, -0.15) is 5.26 Å². The molecular formula is C17H17BrN2O. The van der Waals surface area contributed by atoms with Crippen LogP contribution in [0.25, 0.3) is 0 Å². The molecule has 0 aliphatic rings. The number of ether oxygens (including phenoxy) is 1. The molecule has 0 spiro atoms. The lowest BCUT2D eigenvalue weighted by Gasteiger charge is -2.17. The fraction of sp³-hybridized carbons (Fsp3) is 0.235. The molecule has 1 unspecified atom stereocenters. The average molecular weight is 345 g/mol. The second kappa shape index (κ2) is 6.75. The predicted octanol–water partition coefficient (Wildman–Crippen LogP) is 4.70. The highest BCUT2D eigenvalue weighted by Crippen LogP contribution is 2.33. The van der Waals surface area contributed by atoms with Crippen LogP contribution in [-0.2, 0) is 0 Å². The second-order valence-electron chi connectivity index (χ2n) is 4.89. The van der Waals surface area contributed by atoms with Crippen molar-refractivity contribution in [3.63, 3.8) is 0 Å². The third-order valence-corrected chi connectivity index (χ3v) is 3.90. The first kappa shape index (κ1) is 15.6. The van der Waals surface area contributed by atoms with Gasteiger partial charge < -0.3 is 10.1 Å². The number of halogens is 1. The highest BCUT2D eigenvalue weighted by atomic mass is 79.9. The Morgan fingerprint density at radius 1 is 1.19 bits per heavy atom. The molecule has 0 aliphatic heterocycles. The van der Waals surface area contributed by atoms with Gasteiger partial charge in [-0.15, -0.1) is 0 Å². The van der Waals surface area contributed by atoms with Crippen LogP contribution in [-0.4, -0.2) is 7.05 Å². The number of nitriles is 1. The Morgan fingerprint density at radius 2 is 1.95 bits per heavy atom. The number of nitrogens with one attached hydrogen (secondary N) is 1. The van der Waals surface area contributed by atoms with Gasteiger partial charge in [0.05, 0.1) is 11.6 Å². The Morgan fingerprint density at radius 3 is 2.62 bits per heavy atom. The van der Waals surface area contributed by atoms with Gasteiger partial charge in [-0.25, -0.2) is 0 Å². The van der Waals surface area contributed by atoms with Gasteiger partial charge in [0.25, 0.3) is 0 Å². The van der Waals surface area contributed by atoms with Crippen LogP contribution < -0.4 is 10.1 Å². The number of aryl methyl sites for hydroxylation is 1. The summed E-state index contributed by atoms with van der Waals surface area (Å²) in [6.07, 6.45) is 0. The minimum absolute atomic E-state index is 0.164. The van der Waals surface area contributed by atoms with Crippen molar-refractivity contribution in [2.24, 2.45) is 0 Å². The topological polar surface area (TPSA) is 45.0 Å². The van der Waals surface area contributed by atoms with Gasteiger partial charge in [-0.05, 0) is 56.8 Å². The second-order valence-corrected chi connectivity index (χ2v) is 5.80. The Balaban J connectivity index is 2.42. The molecule has 0 bridgehead atoms. The van der Waals surface area contributed by atoms with Crippen molar-refractivity contribution in [3.8, 4) is 17.6 Å². The highest BCUT2D eigenvalue weighted by molar-refractivity contribution is 9.10. The molecule has 1 atom stereocenters. The smallest absolute Gasteiger partial charge is 0.132 e. The SMILES string of the molecule is CNC(C)c1cc(Br)ccc1Oc1cc(C#N)ccc1C. The van der Waals surface area contributed by atoms with Crippen molar-refractivity contribution < 1.29 is 4.74 Å². The van der Waals surface area contributed by atoms with Crippen molar-refractivity contribution in [3.05, 3.63) is 57.6 Å². The monoisotopic (exact) mass is 344 g/mol. The first-order valence-electron chi connectivity index (χ1n) is 6.70. The molecule has 0 aromatic heterocycles. The molecule has 0 heterocycles. The first-order chi connectivity index (χ1) is 10.0. The van der Waals surface area contributed by atoms with Gasteiger partial charge in [0.15, 0.2) is 0 Å². The average Bonchev–Trinajstić information content (AvgIpc) is 2.50. The van der Waals surface area contributed by atoms with Crippen LogP contribution in [0, 0.1) is 18.3 Å². The zero-order valence-corrected chi connectivity index (χ0v) is 13.9. The van der Waals surface area contributed by atoms with Crippen molar-refractivity contribution in [2.75, 3.05) is 7.05 Å². The molecule has 0 amide bonds. The maximum Gasteiger partial charge on any atom is 0.132 e. The Hall–Kier alpha value is -1.83. The normalized spacial score (nSPS) is 11.8. The summed E-state index contributed by atoms with van der Waals surface area (Å²) in [6.45, 7) is 4.05. The van der Waals surface area contributed by atoms with Gasteiger partial charge in [-0.3, -0.25) is 0 Å². The molecule has 0 radical (unpaired) electrons. The summed E-state index contributed by atoms with van der Waals surface area (Å²) in [5, 5.41) is 12.2. The number of hydrogen-bond donors (Lipinski definition) is 1. The molecule has 3 nitrogen and oxygen atoms in total. The Bertz CT molecular complexity index is 692. The van der Waals surface area contributed by atoms with Crippen LogP contribution in [0.15, 0.2) is 40.9 Å². The summed E-state index contributed by atoms with van der Waals surface area (Å²) >= 11 is 3.49. The van der Waals surface area contributed by atoms with Crippen LogP contribution in [0.4, 0.5) is 0 Å². The van der Waals surface area contributed by atoms with Crippen LogP contribution in [0.2, 0.25) is 0 Å². The van der Waals surface area contributed by atoms with E-state index in [1.54, 1.807) is 12.1 Å². The van der Waals surface area contributed by atoms with E-state index in [0.717, 1.165) is 21.3 Å². The summed E-state index contributed by atoms with van der Waals surface area (Å²) in [7, 11) is 1.91. The van der Waals surface area contributed by atoms with Gasteiger partial charge in [0.2, 0.25) is 0 Å². The van der Waals surface area contributed by atoms with Crippen molar-refractivity contribution in [1.29, 1.82) is 5.26 Å². The molecule has 2 aromatic rings. The zero-order chi connectivity index (χ0) is 15.4. The van der Waals surface area contributed by atoms with Gasteiger partial charge >= 0.3 is 0 Å². The largest absolute Gasteiger partial charge is 0.457 e. The highest BCUT2D eigenvalue weighted by Gasteiger charge is 2.13. The lowest BCUT2D eigenvalue weighted by molar-refractivity contribution is 0.463. The van der Waals surface area contributed by atoms with E-state index >= 15 is 0 Å². The molecule has 4 heteroatoms. The zero-order valence-electron chi connectivity index (χ0n) is 12.3. The summed E-state index contributed by atoms with van der Waals surface area (Å²) in [6, 6.07) is 13.7. The van der Waals surface area contributed by atoms with E-state index in [1.807, 2.05) is 38.2 Å². The lowest BCUT2D eigenvalue weighted by atomic mass is 10.1. The van der Waals surface area contributed by atoms with Crippen molar-refractivity contribution >= 4 is 15.9 Å². The molecule has 0 saturated heterocycles. The number of nitrogens with zero attached hydrogens (tertiary/aromatic N) is 1. The Labute approximate surface area is 133 Å². The first-order valence-corrected chi connectivity index (χ1v) is 7.49. The predicted molar refractivity (Wildman–Crippen MR) is 87.6 cm³/mol. The van der Waals surface area contributed by atoms with Crippen molar-refractivity contribution in [2.45, 2.75) is 19.9 Å². The molecule has 2 rings (SSSR count). The summed E-state index contributed by atoms with van der Waals surface area (Å²) in [5.41, 5.74) is 2.66. The number of rotatable bonds is 4. The van der Waals surface area contributed by atoms with E-state index in [4.69, 9.17) is 10.00 Å². The van der Waals surface area contributed by atoms with Gasteiger partial charge in [0, 0.05) is 16.1 Å². The summed E-state index contributed by atoms with van der Waals surface area (Å²) in [5.74, 6) is 1.50. The standard InChI is InChI=1S/C17H17BrN2O/c1-11-4-5-13(10-19)8-17(11)21-16-7-6-14(18)9-15(16)12(2)20-3/h4-9,12,20H,1-3H3. The molecular weight excluding hydrogens is 328 g/mol. The van der Waals surface area contributed by atoms with E-state index in [2.05, 4.69) is 34.2 Å². The third kappa shape index (κ3) is 3.63.